The van der Waals surface area contributed by atoms with Gasteiger partial charge in [0.25, 0.3) is 7.82 Å². The molecule has 0 rings (SSSR count). The molecular weight excluding hydrogens is 940 g/mol. The summed E-state index contributed by atoms with van der Waals surface area (Å²) in [4.78, 5) is 39.8. The first-order valence-electron chi connectivity index (χ1n) is 29.3. The van der Waals surface area contributed by atoms with Gasteiger partial charge in [-0.1, -0.05) is 220 Å². The number of quaternary nitrogens is 1. The zero-order valence-corrected chi connectivity index (χ0v) is 48.9. The van der Waals surface area contributed by atoms with Crippen molar-refractivity contribution in [2.75, 3.05) is 40.9 Å². The molecular formula is C64H109N2O7P. The second-order valence-corrected chi connectivity index (χ2v) is 21.8. The Morgan fingerprint density at radius 1 is 0.486 bits per heavy atom. The standard InChI is InChI=1S/C64H109N2O7P/c1-7-10-13-16-19-22-25-27-29-31-32-33-34-35-37-39-42-45-48-51-54-57-64(68)73-62(55-52-49-46-43-40-24-21-18-15-12-9-3)61(60-72-74(69,70)71-59-58-66(4,5)6)65-63(67)56-53-50-47-44-41-38-36-30-28-26-23-20-17-14-11-8-2/h11,14,19-20,22-23,27-30,32-33,35,37-38,41,47,50,52,55,61-62H,7-10,12-13,15-18,21,24-26,31,34,36,39-40,42-46,48-49,51,53-54,56-60H2,1-6H3,(H-,65,67,69,70)/b14-11+,22-19-,23-20+,29-27-,30-28+,33-32-,37-35-,41-38+,50-47+,55-52+. The molecule has 74 heavy (non-hydrogen) atoms. The van der Waals surface area contributed by atoms with Gasteiger partial charge in [-0.3, -0.25) is 14.2 Å². The lowest BCUT2D eigenvalue weighted by Gasteiger charge is -2.30. The molecule has 3 atom stereocenters. The van der Waals surface area contributed by atoms with Gasteiger partial charge in [0.15, 0.2) is 0 Å². The lowest BCUT2D eigenvalue weighted by Crippen LogP contribution is -2.47. The van der Waals surface area contributed by atoms with Gasteiger partial charge in [0.1, 0.15) is 19.3 Å². The van der Waals surface area contributed by atoms with Crippen LogP contribution in [0.4, 0.5) is 0 Å². The number of amides is 1. The van der Waals surface area contributed by atoms with Crippen molar-refractivity contribution in [2.45, 2.75) is 232 Å². The summed E-state index contributed by atoms with van der Waals surface area (Å²) in [5.74, 6) is -0.670. The van der Waals surface area contributed by atoms with Gasteiger partial charge in [0.2, 0.25) is 5.91 Å². The topological polar surface area (TPSA) is 114 Å². The van der Waals surface area contributed by atoms with E-state index in [1.54, 1.807) is 6.08 Å². The van der Waals surface area contributed by atoms with E-state index < -0.39 is 26.6 Å². The lowest BCUT2D eigenvalue weighted by atomic mass is 10.1. The Balaban J connectivity index is 5.42. The summed E-state index contributed by atoms with van der Waals surface area (Å²) in [6, 6.07) is -0.943. The van der Waals surface area contributed by atoms with Crippen LogP contribution in [0.1, 0.15) is 220 Å². The first kappa shape index (κ1) is 70.4. The number of phosphoric acid groups is 1. The number of nitrogens with zero attached hydrogens (tertiary/aromatic N) is 1. The van der Waals surface area contributed by atoms with Crippen LogP contribution in [-0.4, -0.2) is 69.4 Å². The summed E-state index contributed by atoms with van der Waals surface area (Å²) < 4.78 is 30.2. The third-order valence-electron chi connectivity index (χ3n) is 12.1. The van der Waals surface area contributed by atoms with E-state index in [4.69, 9.17) is 13.8 Å². The Labute approximate surface area is 454 Å². The quantitative estimate of drug-likeness (QED) is 0.0212. The van der Waals surface area contributed by atoms with Crippen molar-refractivity contribution in [3.05, 3.63) is 122 Å². The number of esters is 1. The predicted octanol–water partition coefficient (Wildman–Crippen LogP) is 17.3. The molecule has 0 fully saturated rings. The molecule has 1 amide bonds. The normalized spacial score (nSPS) is 14.6. The predicted molar refractivity (Wildman–Crippen MR) is 316 cm³/mol. The van der Waals surface area contributed by atoms with Crippen molar-refractivity contribution >= 4 is 19.7 Å². The Morgan fingerprint density at radius 2 is 0.878 bits per heavy atom. The highest BCUT2D eigenvalue weighted by Crippen LogP contribution is 2.38. The maximum absolute atomic E-state index is 13.4. The third kappa shape index (κ3) is 53.2. The average Bonchev–Trinajstić information content (AvgIpc) is 3.36. The number of hydrogen-bond donors (Lipinski definition) is 1. The van der Waals surface area contributed by atoms with Crippen LogP contribution in [-0.2, 0) is 27.9 Å². The van der Waals surface area contributed by atoms with Crippen molar-refractivity contribution in [1.29, 1.82) is 0 Å². The summed E-state index contributed by atoms with van der Waals surface area (Å²) in [6.07, 6.45) is 73.3. The molecule has 0 aliphatic rings. The molecule has 0 heterocycles. The lowest BCUT2D eigenvalue weighted by molar-refractivity contribution is -0.870. The van der Waals surface area contributed by atoms with Crippen LogP contribution in [0.2, 0.25) is 0 Å². The number of hydrogen-bond acceptors (Lipinski definition) is 7. The summed E-state index contributed by atoms with van der Waals surface area (Å²) in [5, 5.41) is 2.96. The number of carbonyl (C=O) groups excluding carboxylic acids is 2. The molecule has 0 aliphatic heterocycles. The molecule has 0 aromatic carbocycles. The fourth-order valence-corrected chi connectivity index (χ4v) is 8.33. The average molecular weight is 1050 g/mol. The number of likely N-dealkylation sites (N-methyl/N-ethyl adjacent to an activating group) is 1. The molecule has 9 nitrogen and oxygen atoms in total. The van der Waals surface area contributed by atoms with Crippen molar-refractivity contribution in [2.24, 2.45) is 0 Å². The van der Waals surface area contributed by atoms with E-state index in [9.17, 15) is 19.0 Å². The minimum Gasteiger partial charge on any atom is -0.756 e. The molecule has 10 heteroatoms. The summed E-state index contributed by atoms with van der Waals surface area (Å²) in [5.41, 5.74) is 0. The number of nitrogens with one attached hydrogen (secondary N) is 1. The van der Waals surface area contributed by atoms with Gasteiger partial charge < -0.3 is 28.5 Å². The van der Waals surface area contributed by atoms with Gasteiger partial charge in [0.05, 0.1) is 33.8 Å². The molecule has 0 saturated heterocycles. The van der Waals surface area contributed by atoms with E-state index in [0.717, 1.165) is 103 Å². The van der Waals surface area contributed by atoms with E-state index in [1.807, 2.05) is 39.4 Å². The summed E-state index contributed by atoms with van der Waals surface area (Å²) >= 11 is 0. The third-order valence-corrected chi connectivity index (χ3v) is 13.1. The van der Waals surface area contributed by atoms with Crippen molar-refractivity contribution in [1.82, 2.24) is 5.32 Å². The van der Waals surface area contributed by atoms with Gasteiger partial charge in [-0.2, -0.15) is 0 Å². The highest BCUT2D eigenvalue weighted by molar-refractivity contribution is 7.45. The second kappa shape index (κ2) is 52.8. The van der Waals surface area contributed by atoms with Crippen LogP contribution in [0.25, 0.3) is 0 Å². The van der Waals surface area contributed by atoms with Crippen molar-refractivity contribution in [3.63, 3.8) is 0 Å². The number of allylic oxidation sites excluding steroid dienone is 19. The van der Waals surface area contributed by atoms with Crippen molar-refractivity contribution in [3.8, 4) is 0 Å². The molecule has 0 aromatic heterocycles. The van der Waals surface area contributed by atoms with E-state index in [0.29, 0.717) is 23.9 Å². The largest absolute Gasteiger partial charge is 0.756 e. The molecule has 1 N–H and O–H groups in total. The van der Waals surface area contributed by atoms with Crippen molar-refractivity contribution < 1.29 is 37.3 Å². The number of phosphoric ester groups is 1. The molecule has 0 radical (unpaired) electrons. The number of unbranched alkanes of at least 4 members (excludes halogenated alkanes) is 17. The smallest absolute Gasteiger partial charge is 0.306 e. The number of carbonyl (C=O) groups is 2. The zero-order valence-electron chi connectivity index (χ0n) is 48.0. The highest BCUT2D eigenvalue weighted by atomic mass is 31.2. The van der Waals surface area contributed by atoms with Crippen LogP contribution in [0.5, 0.6) is 0 Å². The Hall–Kier alpha value is -3.59. The van der Waals surface area contributed by atoms with Gasteiger partial charge in [-0.25, -0.2) is 0 Å². The van der Waals surface area contributed by atoms with E-state index in [1.165, 1.54) is 70.6 Å². The van der Waals surface area contributed by atoms with E-state index in [-0.39, 0.29) is 31.3 Å². The Morgan fingerprint density at radius 3 is 1.35 bits per heavy atom. The maximum Gasteiger partial charge on any atom is 0.306 e. The Kier molecular flexibility index (Phi) is 50.3. The van der Waals surface area contributed by atoms with Crippen LogP contribution >= 0.6 is 7.82 Å². The first-order chi connectivity index (χ1) is 35.9. The van der Waals surface area contributed by atoms with Gasteiger partial charge >= 0.3 is 5.97 Å². The maximum atomic E-state index is 13.4. The molecule has 0 aromatic rings. The van der Waals surface area contributed by atoms with Crippen LogP contribution in [0.3, 0.4) is 0 Å². The van der Waals surface area contributed by atoms with Crippen LogP contribution in [0, 0.1) is 0 Å². The van der Waals surface area contributed by atoms with E-state index in [2.05, 4.69) is 123 Å². The van der Waals surface area contributed by atoms with Gasteiger partial charge in [-0.05, 0) is 109 Å². The molecule has 0 spiro atoms. The van der Waals surface area contributed by atoms with Crippen LogP contribution in [0.15, 0.2) is 122 Å². The second-order valence-electron chi connectivity index (χ2n) is 20.4. The zero-order chi connectivity index (χ0) is 54.3. The van der Waals surface area contributed by atoms with Crippen LogP contribution < -0.4 is 10.2 Å². The van der Waals surface area contributed by atoms with E-state index >= 15 is 0 Å². The van der Waals surface area contributed by atoms with Gasteiger partial charge in [0, 0.05) is 12.8 Å². The molecule has 0 saturated carbocycles. The minimum absolute atomic E-state index is 0.0455. The number of ether oxygens (including phenoxy) is 1. The Bertz CT molecular complexity index is 1680. The molecule has 422 valence electrons. The fourth-order valence-electron chi connectivity index (χ4n) is 7.61. The molecule has 3 unspecified atom stereocenters. The summed E-state index contributed by atoms with van der Waals surface area (Å²) in [6.45, 7) is 6.59. The highest BCUT2D eigenvalue weighted by Gasteiger charge is 2.27. The molecule has 0 bridgehead atoms. The minimum atomic E-state index is -4.73. The fraction of sp³-hybridized carbons (Fsp3) is 0.656. The molecule has 0 aliphatic carbocycles. The van der Waals surface area contributed by atoms with Gasteiger partial charge in [-0.15, -0.1) is 0 Å². The SMILES string of the molecule is CC/C=C/C/C=C/C/C=C/C/C=C/C/C=C/CCC(=O)NC(COP(=O)([O-])OCC[N+](C)(C)C)C(/C=C/CCCCCCCCCCC)OC(=O)CCCCCCC/C=C\C/C=C\C/C=C\C/C=C\CCCCC. The first-order valence-corrected chi connectivity index (χ1v) is 30.8. The summed E-state index contributed by atoms with van der Waals surface area (Å²) in [7, 11) is 1.11. The number of rotatable bonds is 51. The monoisotopic (exact) mass is 1050 g/mol.